The lowest BCUT2D eigenvalue weighted by Crippen LogP contribution is -1.99. The Hall–Kier alpha value is -1.80. The molecule has 0 amide bonds. The predicted molar refractivity (Wildman–Crippen MR) is 66.0 cm³/mol. The molecule has 0 aliphatic heterocycles. The lowest BCUT2D eigenvalue weighted by molar-refractivity contribution is 0.339. The molecule has 5 heteroatoms. The minimum absolute atomic E-state index is 0.273. The Balaban J connectivity index is 3.27. The van der Waals surface area contributed by atoms with Crippen LogP contribution < -0.4 is 4.74 Å². The Bertz CT molecular complexity index is 568. The second-order valence-electron chi connectivity index (χ2n) is 3.36. The molecule has 0 atom stereocenters. The maximum Gasteiger partial charge on any atom is 0.185 e. The molecule has 0 aliphatic carbocycles. The number of sulfone groups is 1. The molecule has 0 fully saturated rings. The van der Waals surface area contributed by atoms with Gasteiger partial charge < -0.3 is 4.74 Å². The van der Waals surface area contributed by atoms with Crippen LogP contribution in [0.4, 0.5) is 0 Å². The summed E-state index contributed by atoms with van der Waals surface area (Å²) < 4.78 is 28.0. The van der Waals surface area contributed by atoms with E-state index in [-0.39, 0.29) is 4.91 Å². The van der Waals surface area contributed by atoms with Crippen LogP contribution in [0.2, 0.25) is 0 Å². The van der Waals surface area contributed by atoms with Crippen LogP contribution in [0.5, 0.6) is 5.75 Å². The van der Waals surface area contributed by atoms with Crippen LogP contribution in [-0.2, 0) is 9.84 Å². The van der Waals surface area contributed by atoms with Crippen molar-refractivity contribution in [1.82, 2.24) is 0 Å². The van der Waals surface area contributed by atoms with Gasteiger partial charge in [-0.1, -0.05) is 18.2 Å². The fraction of sp³-hybridized carbons (Fsp3) is 0.250. The summed E-state index contributed by atoms with van der Waals surface area (Å²) in [5.41, 5.74) is 0.580. The van der Waals surface area contributed by atoms with Crippen molar-refractivity contribution >= 4 is 15.9 Å². The number of rotatable bonds is 4. The van der Waals surface area contributed by atoms with E-state index in [0.29, 0.717) is 17.9 Å². The van der Waals surface area contributed by atoms with Crippen LogP contribution in [0, 0.1) is 11.3 Å². The molecule has 4 nitrogen and oxygen atoms in total. The van der Waals surface area contributed by atoms with E-state index in [2.05, 4.69) is 0 Å². The minimum atomic E-state index is -3.50. The van der Waals surface area contributed by atoms with Crippen molar-refractivity contribution in [2.45, 2.75) is 6.92 Å². The fourth-order valence-electron chi connectivity index (χ4n) is 1.25. The summed E-state index contributed by atoms with van der Waals surface area (Å²) >= 11 is 0. The van der Waals surface area contributed by atoms with Crippen LogP contribution in [0.1, 0.15) is 12.5 Å². The molecule has 1 aromatic rings. The molecule has 0 N–H and O–H groups in total. The molecule has 0 aliphatic rings. The van der Waals surface area contributed by atoms with Crippen LogP contribution in [-0.4, -0.2) is 21.3 Å². The number of hydrogen-bond donors (Lipinski definition) is 0. The maximum absolute atomic E-state index is 11.3. The second-order valence-corrected chi connectivity index (χ2v) is 5.35. The average molecular weight is 251 g/mol. The smallest absolute Gasteiger partial charge is 0.185 e. The molecule has 0 spiro atoms. The summed E-state index contributed by atoms with van der Waals surface area (Å²) in [5, 5.41) is 8.81. The highest BCUT2D eigenvalue weighted by Crippen LogP contribution is 2.22. The third kappa shape index (κ3) is 3.61. The summed E-state index contributed by atoms with van der Waals surface area (Å²) in [4.78, 5) is -0.273. The van der Waals surface area contributed by atoms with E-state index in [1.807, 2.05) is 6.92 Å². The van der Waals surface area contributed by atoms with Crippen molar-refractivity contribution in [2.24, 2.45) is 0 Å². The zero-order valence-electron chi connectivity index (χ0n) is 9.67. The standard InChI is InChI=1S/C12H13NO3S/c1-3-16-12-7-5-4-6-10(12)8-11(9-13)17(2,14)15/h4-8H,3H2,1-2H3. The van der Waals surface area contributed by atoms with Crippen molar-refractivity contribution in [3.05, 3.63) is 34.7 Å². The lowest BCUT2D eigenvalue weighted by atomic mass is 10.2. The first-order valence-electron chi connectivity index (χ1n) is 5.02. The van der Waals surface area contributed by atoms with Crippen LogP contribution in [0.15, 0.2) is 29.2 Å². The summed E-state index contributed by atoms with van der Waals surface area (Å²) in [5.74, 6) is 0.561. The van der Waals surface area contributed by atoms with Gasteiger partial charge in [-0.2, -0.15) is 5.26 Å². The first-order chi connectivity index (χ1) is 7.99. The molecule has 1 aromatic carbocycles. The number of allylic oxidation sites excluding steroid dienone is 1. The van der Waals surface area contributed by atoms with Gasteiger partial charge in [0.25, 0.3) is 0 Å². The number of hydrogen-bond acceptors (Lipinski definition) is 4. The van der Waals surface area contributed by atoms with Gasteiger partial charge >= 0.3 is 0 Å². The summed E-state index contributed by atoms with van der Waals surface area (Å²) in [6.07, 6.45) is 2.33. The maximum atomic E-state index is 11.3. The molecule has 0 heterocycles. The van der Waals surface area contributed by atoms with Gasteiger partial charge in [-0.05, 0) is 19.1 Å². The van der Waals surface area contributed by atoms with Crippen molar-refractivity contribution in [1.29, 1.82) is 5.26 Å². The van der Waals surface area contributed by atoms with Crippen molar-refractivity contribution < 1.29 is 13.2 Å². The summed E-state index contributed by atoms with van der Waals surface area (Å²) in [6.45, 7) is 2.31. The number of nitrogens with zero attached hydrogens (tertiary/aromatic N) is 1. The van der Waals surface area contributed by atoms with Gasteiger partial charge in [-0.3, -0.25) is 0 Å². The van der Waals surface area contributed by atoms with Gasteiger partial charge in [0.15, 0.2) is 9.84 Å². The zero-order valence-corrected chi connectivity index (χ0v) is 10.5. The predicted octanol–water partition coefficient (Wildman–Crippen LogP) is 1.99. The number of nitriles is 1. The zero-order chi connectivity index (χ0) is 12.9. The van der Waals surface area contributed by atoms with Gasteiger partial charge in [0.2, 0.25) is 0 Å². The molecule has 17 heavy (non-hydrogen) atoms. The SMILES string of the molecule is CCOc1ccccc1C=C(C#N)S(C)(=O)=O. The fourth-order valence-corrected chi connectivity index (χ4v) is 1.76. The second kappa shape index (κ2) is 5.51. The van der Waals surface area contributed by atoms with Gasteiger partial charge in [0.1, 0.15) is 16.7 Å². The Morgan fingerprint density at radius 3 is 2.65 bits per heavy atom. The van der Waals surface area contributed by atoms with E-state index in [0.717, 1.165) is 6.26 Å². The van der Waals surface area contributed by atoms with E-state index in [4.69, 9.17) is 10.00 Å². The van der Waals surface area contributed by atoms with E-state index >= 15 is 0 Å². The average Bonchev–Trinajstić information content (AvgIpc) is 2.26. The molecule has 0 unspecified atom stereocenters. The van der Waals surface area contributed by atoms with Crippen molar-refractivity contribution in [3.8, 4) is 11.8 Å². The lowest BCUT2D eigenvalue weighted by Gasteiger charge is -2.06. The van der Waals surface area contributed by atoms with Crippen molar-refractivity contribution in [3.63, 3.8) is 0 Å². The Morgan fingerprint density at radius 1 is 1.47 bits per heavy atom. The molecule has 1 rings (SSSR count). The van der Waals surface area contributed by atoms with E-state index in [1.54, 1.807) is 30.3 Å². The summed E-state index contributed by atoms with van der Waals surface area (Å²) in [7, 11) is -3.50. The first-order valence-corrected chi connectivity index (χ1v) is 6.92. The Kier molecular flexibility index (Phi) is 4.30. The van der Waals surface area contributed by atoms with E-state index in [1.165, 1.54) is 6.08 Å². The third-order valence-electron chi connectivity index (χ3n) is 2.02. The monoisotopic (exact) mass is 251 g/mol. The molecule has 0 aromatic heterocycles. The molecule has 0 saturated carbocycles. The highest BCUT2D eigenvalue weighted by Gasteiger charge is 2.11. The molecular formula is C12H13NO3S. The normalized spacial score (nSPS) is 11.9. The van der Waals surface area contributed by atoms with E-state index < -0.39 is 9.84 Å². The van der Waals surface area contributed by atoms with Gasteiger partial charge in [-0.15, -0.1) is 0 Å². The molecule has 0 radical (unpaired) electrons. The largest absolute Gasteiger partial charge is 0.493 e. The molecule has 0 saturated heterocycles. The van der Waals surface area contributed by atoms with Crippen LogP contribution in [0.25, 0.3) is 6.08 Å². The Morgan fingerprint density at radius 2 is 2.12 bits per heavy atom. The molecule has 90 valence electrons. The molecular weight excluding hydrogens is 238 g/mol. The van der Waals surface area contributed by atoms with Crippen molar-refractivity contribution in [2.75, 3.05) is 12.9 Å². The Labute approximate surface area is 101 Å². The topological polar surface area (TPSA) is 67.2 Å². The van der Waals surface area contributed by atoms with Gasteiger partial charge in [0, 0.05) is 11.8 Å². The quantitative estimate of drug-likeness (QED) is 0.767. The van der Waals surface area contributed by atoms with Gasteiger partial charge in [0.05, 0.1) is 6.61 Å². The van der Waals surface area contributed by atoms with E-state index in [9.17, 15) is 8.42 Å². The highest BCUT2D eigenvalue weighted by atomic mass is 32.2. The summed E-state index contributed by atoms with van der Waals surface area (Å²) in [6, 6.07) is 8.65. The number of ether oxygens (including phenoxy) is 1. The third-order valence-corrected chi connectivity index (χ3v) is 3.02. The number of benzene rings is 1. The van der Waals surface area contributed by atoms with Gasteiger partial charge in [-0.25, -0.2) is 8.42 Å². The van der Waals surface area contributed by atoms with Crippen LogP contribution in [0.3, 0.4) is 0 Å². The van der Waals surface area contributed by atoms with Crippen LogP contribution >= 0.6 is 0 Å². The highest BCUT2D eigenvalue weighted by molar-refractivity contribution is 7.95. The molecule has 0 bridgehead atoms. The first kappa shape index (κ1) is 13.3. The number of para-hydroxylation sites is 1. The minimum Gasteiger partial charge on any atom is -0.493 e.